The molecule has 2 aromatic carbocycles. The summed E-state index contributed by atoms with van der Waals surface area (Å²) in [4.78, 5) is 14.5. The van der Waals surface area contributed by atoms with Crippen molar-refractivity contribution in [3.63, 3.8) is 0 Å². The lowest BCUT2D eigenvalue weighted by Gasteiger charge is -2.14. The Bertz CT molecular complexity index is 897. The molecule has 152 valence electrons. The van der Waals surface area contributed by atoms with Gasteiger partial charge in [0.2, 0.25) is 0 Å². The highest BCUT2D eigenvalue weighted by Crippen LogP contribution is 2.20. The second-order valence-corrected chi connectivity index (χ2v) is 8.56. The molecule has 2 rings (SSSR count). The Balaban J connectivity index is 2.16. The molecule has 0 aliphatic rings. The molecule has 8 heteroatoms. The number of benzene rings is 2. The van der Waals surface area contributed by atoms with Crippen LogP contribution in [0.2, 0.25) is 0 Å². The number of hydrogen-bond donors (Lipinski definition) is 2. The van der Waals surface area contributed by atoms with E-state index in [-0.39, 0.29) is 36.0 Å². The number of amides is 1. The molecule has 0 aliphatic heterocycles. The van der Waals surface area contributed by atoms with Crippen LogP contribution in [0.3, 0.4) is 0 Å². The lowest BCUT2D eigenvalue weighted by molar-refractivity contribution is 0.0947. The maximum absolute atomic E-state index is 12.7. The maximum Gasteiger partial charge on any atom is 0.252 e. The van der Waals surface area contributed by atoms with Crippen molar-refractivity contribution in [1.29, 1.82) is 0 Å². The number of carbonyl (C=O) groups is 1. The summed E-state index contributed by atoms with van der Waals surface area (Å²) in [6.45, 7) is 0.581. The van der Waals surface area contributed by atoms with Crippen molar-refractivity contribution in [1.82, 2.24) is 10.2 Å². The monoisotopic (exact) mass is 406 g/mol. The minimum Gasteiger partial charge on any atom is -0.491 e. The first-order valence-electron chi connectivity index (χ1n) is 8.91. The first kappa shape index (κ1) is 21.9. The summed E-state index contributed by atoms with van der Waals surface area (Å²) >= 11 is 0. The van der Waals surface area contributed by atoms with Crippen LogP contribution in [-0.4, -0.2) is 63.9 Å². The number of sulfone groups is 1. The highest BCUT2D eigenvalue weighted by Gasteiger charge is 2.22. The maximum atomic E-state index is 12.7. The van der Waals surface area contributed by atoms with E-state index in [0.29, 0.717) is 12.3 Å². The van der Waals surface area contributed by atoms with Gasteiger partial charge in [-0.15, -0.1) is 0 Å². The second kappa shape index (κ2) is 10.2. The summed E-state index contributed by atoms with van der Waals surface area (Å²) in [7, 11) is 0.00304. The molecule has 0 radical (unpaired) electrons. The summed E-state index contributed by atoms with van der Waals surface area (Å²) in [5.74, 6) is 0.0204. The molecular weight excluding hydrogens is 380 g/mol. The fourth-order valence-electron chi connectivity index (χ4n) is 2.56. The van der Waals surface area contributed by atoms with Crippen molar-refractivity contribution >= 4 is 15.7 Å². The van der Waals surface area contributed by atoms with E-state index in [1.165, 1.54) is 12.1 Å². The molecule has 0 fully saturated rings. The third-order valence-electron chi connectivity index (χ3n) is 4.03. The van der Waals surface area contributed by atoms with E-state index >= 15 is 0 Å². The molecule has 0 spiro atoms. The first-order valence-corrected chi connectivity index (χ1v) is 10.6. The molecule has 7 nitrogen and oxygen atoms in total. The van der Waals surface area contributed by atoms with Gasteiger partial charge in [0, 0.05) is 18.7 Å². The molecule has 0 aromatic heterocycles. The normalized spacial score (nSPS) is 11.4. The molecule has 0 atom stereocenters. The first-order chi connectivity index (χ1) is 13.3. The number of rotatable bonds is 10. The molecule has 0 unspecified atom stereocenters. The van der Waals surface area contributed by atoms with Crippen molar-refractivity contribution < 1.29 is 23.1 Å². The van der Waals surface area contributed by atoms with Crippen LogP contribution < -0.4 is 10.1 Å². The molecule has 0 saturated heterocycles. The standard InChI is InChI=1S/C20H26N2O5S/c1-22(2)11-14-28(25,26)19-10-6-4-8-17(19)20(24)21-15-16-7-3-5-9-18(16)27-13-12-23/h3-10,23H,11-15H2,1-2H3,(H,21,24). The lowest BCUT2D eigenvalue weighted by Crippen LogP contribution is -2.27. The topological polar surface area (TPSA) is 95.9 Å². The lowest BCUT2D eigenvalue weighted by atomic mass is 10.1. The zero-order valence-electron chi connectivity index (χ0n) is 16.1. The van der Waals surface area contributed by atoms with Gasteiger partial charge >= 0.3 is 0 Å². The number of para-hydroxylation sites is 1. The van der Waals surface area contributed by atoms with Crippen LogP contribution in [-0.2, 0) is 16.4 Å². The van der Waals surface area contributed by atoms with Gasteiger partial charge in [-0.3, -0.25) is 4.79 Å². The summed E-state index contributed by atoms with van der Waals surface area (Å²) < 4.78 is 30.8. The van der Waals surface area contributed by atoms with Crippen LogP contribution in [0.5, 0.6) is 5.75 Å². The number of hydrogen-bond acceptors (Lipinski definition) is 6. The smallest absolute Gasteiger partial charge is 0.252 e. The zero-order chi connectivity index (χ0) is 20.6. The molecular formula is C20H26N2O5S. The minimum absolute atomic E-state index is 0.0270. The van der Waals surface area contributed by atoms with Crippen LogP contribution in [0.25, 0.3) is 0 Å². The molecule has 0 bridgehead atoms. The van der Waals surface area contributed by atoms with E-state index in [1.54, 1.807) is 49.3 Å². The van der Waals surface area contributed by atoms with Crippen LogP contribution in [0, 0.1) is 0 Å². The van der Waals surface area contributed by atoms with E-state index in [4.69, 9.17) is 9.84 Å². The van der Waals surface area contributed by atoms with Gasteiger partial charge < -0.3 is 20.1 Å². The van der Waals surface area contributed by atoms with E-state index < -0.39 is 15.7 Å². The molecule has 28 heavy (non-hydrogen) atoms. The van der Waals surface area contributed by atoms with Crippen LogP contribution in [0.4, 0.5) is 0 Å². The number of nitrogens with one attached hydrogen (secondary N) is 1. The summed E-state index contributed by atoms with van der Waals surface area (Å²) in [5, 5.41) is 11.7. The summed E-state index contributed by atoms with van der Waals surface area (Å²) in [5.41, 5.74) is 0.854. The van der Waals surface area contributed by atoms with Gasteiger partial charge in [-0.05, 0) is 32.3 Å². The van der Waals surface area contributed by atoms with Crippen LogP contribution in [0.15, 0.2) is 53.4 Å². The Kier molecular flexibility index (Phi) is 7.98. The molecule has 0 saturated carbocycles. The molecule has 0 aliphatic carbocycles. The van der Waals surface area contributed by atoms with E-state index in [9.17, 15) is 13.2 Å². The predicted molar refractivity (Wildman–Crippen MR) is 107 cm³/mol. The molecule has 0 heterocycles. The predicted octanol–water partition coefficient (Wildman–Crippen LogP) is 1.32. The minimum atomic E-state index is -3.59. The highest BCUT2D eigenvalue weighted by atomic mass is 32.2. The third-order valence-corrected chi connectivity index (χ3v) is 5.78. The van der Waals surface area contributed by atoms with Crippen molar-refractivity contribution in [3.05, 3.63) is 59.7 Å². The van der Waals surface area contributed by atoms with Gasteiger partial charge in [0.1, 0.15) is 12.4 Å². The Labute approximate surface area is 165 Å². The van der Waals surface area contributed by atoms with Gasteiger partial charge in [-0.1, -0.05) is 30.3 Å². The van der Waals surface area contributed by atoms with E-state index in [2.05, 4.69) is 5.32 Å². The average Bonchev–Trinajstić information content (AvgIpc) is 2.69. The second-order valence-electron chi connectivity index (χ2n) is 6.48. The fourth-order valence-corrected chi connectivity index (χ4v) is 4.16. The number of aliphatic hydroxyl groups is 1. The third kappa shape index (κ3) is 6.05. The summed E-state index contributed by atoms with van der Waals surface area (Å²) in [6.07, 6.45) is 0. The molecule has 2 aromatic rings. The average molecular weight is 407 g/mol. The van der Waals surface area contributed by atoms with Gasteiger partial charge in [0.25, 0.3) is 5.91 Å². The Morgan fingerprint density at radius 3 is 2.50 bits per heavy atom. The van der Waals surface area contributed by atoms with E-state index in [1.807, 2.05) is 6.07 Å². The number of carbonyl (C=O) groups excluding carboxylic acids is 1. The largest absolute Gasteiger partial charge is 0.491 e. The number of ether oxygens (including phenoxy) is 1. The molecule has 2 N–H and O–H groups in total. The van der Waals surface area contributed by atoms with Gasteiger partial charge in [-0.25, -0.2) is 8.42 Å². The van der Waals surface area contributed by atoms with Gasteiger partial charge in [-0.2, -0.15) is 0 Å². The SMILES string of the molecule is CN(C)CCS(=O)(=O)c1ccccc1C(=O)NCc1ccccc1OCCO. The Morgan fingerprint density at radius 2 is 1.79 bits per heavy atom. The highest BCUT2D eigenvalue weighted by molar-refractivity contribution is 7.91. The Hall–Kier alpha value is -2.42. The Morgan fingerprint density at radius 1 is 1.11 bits per heavy atom. The van der Waals surface area contributed by atoms with Gasteiger partial charge in [0.15, 0.2) is 9.84 Å². The fraction of sp³-hybridized carbons (Fsp3) is 0.350. The van der Waals surface area contributed by atoms with Gasteiger partial charge in [0.05, 0.1) is 22.8 Å². The molecule has 1 amide bonds. The number of nitrogens with zero attached hydrogens (tertiary/aromatic N) is 1. The van der Waals surface area contributed by atoms with Crippen molar-refractivity contribution in [3.8, 4) is 5.75 Å². The van der Waals surface area contributed by atoms with Crippen molar-refractivity contribution in [2.45, 2.75) is 11.4 Å². The van der Waals surface area contributed by atoms with Crippen molar-refractivity contribution in [2.75, 3.05) is 39.6 Å². The summed E-state index contributed by atoms with van der Waals surface area (Å²) in [6, 6.07) is 13.4. The van der Waals surface area contributed by atoms with Crippen LogP contribution in [0.1, 0.15) is 15.9 Å². The van der Waals surface area contributed by atoms with Crippen LogP contribution >= 0.6 is 0 Å². The van der Waals surface area contributed by atoms with Crippen molar-refractivity contribution in [2.24, 2.45) is 0 Å². The number of aliphatic hydroxyl groups excluding tert-OH is 1. The quantitative estimate of drug-likeness (QED) is 0.618. The zero-order valence-corrected chi connectivity index (χ0v) is 16.9. The van der Waals surface area contributed by atoms with E-state index in [0.717, 1.165) is 5.56 Å².